The van der Waals surface area contributed by atoms with Crippen LogP contribution in [0.25, 0.3) is 0 Å². The molecule has 1 aliphatic heterocycles. The Kier molecular flexibility index (Phi) is 6.50. The van der Waals surface area contributed by atoms with Crippen LogP contribution >= 0.6 is 15.9 Å². The van der Waals surface area contributed by atoms with Crippen LogP contribution in [0.15, 0.2) is 65.3 Å². The third-order valence-corrected chi connectivity index (χ3v) is 5.88. The number of aromatic nitrogens is 2. The molecule has 2 heterocycles. The molecule has 0 saturated carbocycles. The van der Waals surface area contributed by atoms with Gasteiger partial charge in [0.2, 0.25) is 0 Å². The summed E-state index contributed by atoms with van der Waals surface area (Å²) in [6.45, 7) is 6.50. The highest BCUT2D eigenvalue weighted by Crippen LogP contribution is 2.17. The van der Waals surface area contributed by atoms with Crippen molar-refractivity contribution in [2.75, 3.05) is 26.2 Å². The molecule has 1 aromatic heterocycles. The quantitative estimate of drug-likeness (QED) is 0.549. The van der Waals surface area contributed by atoms with Gasteiger partial charge in [-0.3, -0.25) is 9.69 Å². The standard InChI is InChI=1S/C23H25BrN4O2/c1-18-4-2-3-5-19(18)16-26-12-14-27(15-13-26)23(29)22-10-11-28(25-22)17-30-21-8-6-20(24)7-9-21/h2-11H,12-17H2,1H3. The van der Waals surface area contributed by atoms with Crippen LogP contribution in [-0.4, -0.2) is 51.7 Å². The number of benzene rings is 2. The van der Waals surface area contributed by atoms with Gasteiger partial charge >= 0.3 is 0 Å². The molecule has 0 aliphatic carbocycles. The fourth-order valence-electron chi connectivity index (χ4n) is 3.52. The lowest BCUT2D eigenvalue weighted by atomic mass is 10.1. The van der Waals surface area contributed by atoms with Crippen molar-refractivity contribution in [2.45, 2.75) is 20.2 Å². The number of carbonyl (C=O) groups is 1. The predicted molar refractivity (Wildman–Crippen MR) is 119 cm³/mol. The van der Waals surface area contributed by atoms with Crippen molar-refractivity contribution in [1.29, 1.82) is 0 Å². The highest BCUT2D eigenvalue weighted by atomic mass is 79.9. The fraction of sp³-hybridized carbons (Fsp3) is 0.304. The lowest BCUT2D eigenvalue weighted by molar-refractivity contribution is 0.0620. The summed E-state index contributed by atoms with van der Waals surface area (Å²) in [6, 6.07) is 17.8. The van der Waals surface area contributed by atoms with E-state index in [2.05, 4.69) is 57.1 Å². The first-order valence-corrected chi connectivity index (χ1v) is 10.9. The van der Waals surface area contributed by atoms with E-state index in [0.717, 1.165) is 29.9 Å². The summed E-state index contributed by atoms with van der Waals surface area (Å²) < 4.78 is 8.36. The molecule has 2 aromatic carbocycles. The van der Waals surface area contributed by atoms with Crippen molar-refractivity contribution in [3.63, 3.8) is 0 Å². The maximum Gasteiger partial charge on any atom is 0.274 e. The molecule has 0 N–H and O–H groups in total. The minimum atomic E-state index is -0.0204. The second-order valence-electron chi connectivity index (χ2n) is 7.46. The van der Waals surface area contributed by atoms with E-state index in [-0.39, 0.29) is 12.6 Å². The van der Waals surface area contributed by atoms with Gasteiger partial charge in [-0.25, -0.2) is 4.68 Å². The van der Waals surface area contributed by atoms with Gasteiger partial charge in [0.15, 0.2) is 12.4 Å². The minimum absolute atomic E-state index is 0.0204. The lowest BCUT2D eigenvalue weighted by Gasteiger charge is -2.34. The SMILES string of the molecule is Cc1ccccc1CN1CCN(C(=O)c2ccn(COc3ccc(Br)cc3)n2)CC1. The number of nitrogens with zero attached hydrogens (tertiary/aromatic N) is 4. The molecule has 1 amide bonds. The molecule has 0 spiro atoms. The maximum absolute atomic E-state index is 12.8. The van der Waals surface area contributed by atoms with E-state index < -0.39 is 0 Å². The lowest BCUT2D eigenvalue weighted by Crippen LogP contribution is -2.48. The zero-order valence-electron chi connectivity index (χ0n) is 17.0. The average Bonchev–Trinajstić information content (AvgIpc) is 3.24. The van der Waals surface area contributed by atoms with Crippen molar-refractivity contribution in [3.8, 4) is 5.75 Å². The summed E-state index contributed by atoms with van der Waals surface area (Å²) in [5.74, 6) is 0.735. The van der Waals surface area contributed by atoms with Crippen molar-refractivity contribution < 1.29 is 9.53 Å². The summed E-state index contributed by atoms with van der Waals surface area (Å²) >= 11 is 3.40. The normalized spacial score (nSPS) is 14.7. The zero-order valence-corrected chi connectivity index (χ0v) is 18.6. The largest absolute Gasteiger partial charge is 0.471 e. The van der Waals surface area contributed by atoms with E-state index in [9.17, 15) is 4.79 Å². The number of ether oxygens (including phenoxy) is 1. The van der Waals surface area contributed by atoms with Crippen molar-refractivity contribution in [2.24, 2.45) is 0 Å². The zero-order chi connectivity index (χ0) is 20.9. The van der Waals surface area contributed by atoms with Gasteiger partial charge < -0.3 is 9.64 Å². The second-order valence-corrected chi connectivity index (χ2v) is 8.38. The Morgan fingerprint density at radius 1 is 1.03 bits per heavy atom. The summed E-state index contributed by atoms with van der Waals surface area (Å²) in [5.41, 5.74) is 3.12. The Morgan fingerprint density at radius 2 is 1.77 bits per heavy atom. The number of rotatable bonds is 6. The first-order chi connectivity index (χ1) is 14.6. The maximum atomic E-state index is 12.8. The molecule has 6 nitrogen and oxygen atoms in total. The summed E-state index contributed by atoms with van der Waals surface area (Å²) in [6.07, 6.45) is 1.78. The monoisotopic (exact) mass is 468 g/mol. The van der Waals surface area contributed by atoms with Crippen LogP contribution in [0.4, 0.5) is 0 Å². The molecular weight excluding hydrogens is 444 g/mol. The second kappa shape index (κ2) is 9.45. The summed E-state index contributed by atoms with van der Waals surface area (Å²) in [5, 5.41) is 4.39. The number of carbonyl (C=O) groups excluding carboxylic acids is 1. The summed E-state index contributed by atoms with van der Waals surface area (Å²) in [4.78, 5) is 17.1. The Labute approximate surface area is 185 Å². The number of halogens is 1. The van der Waals surface area contributed by atoms with Crippen LogP contribution in [-0.2, 0) is 13.3 Å². The fourth-order valence-corrected chi connectivity index (χ4v) is 3.78. The van der Waals surface area contributed by atoms with Crippen LogP contribution in [0.5, 0.6) is 5.75 Å². The van der Waals surface area contributed by atoms with E-state index in [4.69, 9.17) is 4.74 Å². The third-order valence-electron chi connectivity index (χ3n) is 5.35. The third kappa shape index (κ3) is 5.09. The molecule has 0 unspecified atom stereocenters. The number of hydrogen-bond acceptors (Lipinski definition) is 4. The first-order valence-electron chi connectivity index (χ1n) is 10.1. The molecule has 1 aliphatic rings. The van der Waals surface area contributed by atoms with Crippen LogP contribution in [0, 0.1) is 6.92 Å². The van der Waals surface area contributed by atoms with E-state index in [0.29, 0.717) is 18.8 Å². The Hall–Kier alpha value is -2.64. The number of amides is 1. The van der Waals surface area contributed by atoms with E-state index in [1.54, 1.807) is 16.9 Å². The minimum Gasteiger partial charge on any atom is -0.471 e. The first kappa shape index (κ1) is 20.6. The van der Waals surface area contributed by atoms with Gasteiger partial charge in [0.05, 0.1) is 0 Å². The van der Waals surface area contributed by atoms with Crippen molar-refractivity contribution >= 4 is 21.8 Å². The molecule has 156 valence electrons. The molecule has 4 rings (SSSR count). The van der Waals surface area contributed by atoms with E-state index in [1.165, 1.54) is 11.1 Å². The van der Waals surface area contributed by atoms with Gasteiger partial charge in [0, 0.05) is 43.4 Å². The number of hydrogen-bond donors (Lipinski definition) is 0. The number of aryl methyl sites for hydroxylation is 1. The highest BCUT2D eigenvalue weighted by Gasteiger charge is 2.24. The van der Waals surface area contributed by atoms with Gasteiger partial charge in [0.1, 0.15) is 5.75 Å². The van der Waals surface area contributed by atoms with Crippen LogP contribution in [0.1, 0.15) is 21.6 Å². The smallest absolute Gasteiger partial charge is 0.274 e. The molecule has 7 heteroatoms. The molecular formula is C23H25BrN4O2. The summed E-state index contributed by atoms with van der Waals surface area (Å²) in [7, 11) is 0. The van der Waals surface area contributed by atoms with Gasteiger partial charge in [-0.2, -0.15) is 5.10 Å². The van der Waals surface area contributed by atoms with Gasteiger partial charge in [0.25, 0.3) is 5.91 Å². The molecule has 30 heavy (non-hydrogen) atoms. The topological polar surface area (TPSA) is 50.6 Å². The molecule has 0 radical (unpaired) electrons. The Balaban J connectivity index is 1.28. The molecule has 1 fully saturated rings. The van der Waals surface area contributed by atoms with Gasteiger partial charge in [-0.05, 0) is 48.4 Å². The molecule has 1 saturated heterocycles. The molecule has 0 atom stereocenters. The molecule has 0 bridgehead atoms. The highest BCUT2D eigenvalue weighted by molar-refractivity contribution is 9.10. The van der Waals surface area contributed by atoms with Crippen LogP contribution < -0.4 is 4.74 Å². The van der Waals surface area contributed by atoms with Crippen molar-refractivity contribution in [3.05, 3.63) is 82.1 Å². The molecule has 3 aromatic rings. The van der Waals surface area contributed by atoms with Gasteiger partial charge in [-0.1, -0.05) is 40.2 Å². The van der Waals surface area contributed by atoms with Crippen molar-refractivity contribution in [1.82, 2.24) is 19.6 Å². The van der Waals surface area contributed by atoms with E-state index in [1.807, 2.05) is 29.2 Å². The van der Waals surface area contributed by atoms with Crippen LogP contribution in [0.2, 0.25) is 0 Å². The van der Waals surface area contributed by atoms with Crippen LogP contribution in [0.3, 0.4) is 0 Å². The Morgan fingerprint density at radius 3 is 2.50 bits per heavy atom. The number of piperazine rings is 1. The Bertz CT molecular complexity index is 994. The predicted octanol–water partition coefficient (Wildman–Crippen LogP) is 3.95. The van der Waals surface area contributed by atoms with E-state index >= 15 is 0 Å². The van der Waals surface area contributed by atoms with Gasteiger partial charge in [-0.15, -0.1) is 0 Å². The average molecular weight is 469 g/mol.